The van der Waals surface area contributed by atoms with Gasteiger partial charge >= 0.3 is 0 Å². The Hall–Kier alpha value is -0.640. The number of halogens is 2. The van der Waals surface area contributed by atoms with Crippen LogP contribution < -0.4 is 5.73 Å². The summed E-state index contributed by atoms with van der Waals surface area (Å²) >= 11 is 6.10. The number of piperidine rings is 1. The number of rotatable bonds is 3. The van der Waals surface area contributed by atoms with E-state index in [-0.39, 0.29) is 11.9 Å². The SMILES string of the molecule is CN1C2CCC1CC(C(N)Cc1c(F)cccc1Cl)C2. The lowest BCUT2D eigenvalue weighted by Gasteiger charge is -2.38. The highest BCUT2D eigenvalue weighted by Crippen LogP contribution is 2.39. The molecule has 0 spiro atoms. The average molecular weight is 297 g/mol. The molecule has 110 valence electrons. The smallest absolute Gasteiger partial charge is 0.127 e. The van der Waals surface area contributed by atoms with Gasteiger partial charge in [-0.3, -0.25) is 0 Å². The van der Waals surface area contributed by atoms with Crippen molar-refractivity contribution >= 4 is 11.6 Å². The van der Waals surface area contributed by atoms with E-state index in [2.05, 4.69) is 11.9 Å². The van der Waals surface area contributed by atoms with Crippen molar-refractivity contribution in [2.45, 2.75) is 50.2 Å². The Labute approximate surface area is 125 Å². The van der Waals surface area contributed by atoms with Gasteiger partial charge in [0.15, 0.2) is 0 Å². The van der Waals surface area contributed by atoms with E-state index in [9.17, 15) is 4.39 Å². The first kappa shape index (κ1) is 14.3. The van der Waals surface area contributed by atoms with Crippen molar-refractivity contribution in [2.24, 2.45) is 11.7 Å². The Bertz CT molecular complexity index is 459. The Morgan fingerprint density at radius 1 is 1.35 bits per heavy atom. The molecule has 2 bridgehead atoms. The summed E-state index contributed by atoms with van der Waals surface area (Å²) in [5.74, 6) is 0.253. The van der Waals surface area contributed by atoms with Crippen LogP contribution in [0.4, 0.5) is 4.39 Å². The van der Waals surface area contributed by atoms with Crippen molar-refractivity contribution in [3.05, 3.63) is 34.6 Å². The number of fused-ring (bicyclic) bond motifs is 2. The third kappa shape index (κ3) is 2.59. The number of hydrogen-bond acceptors (Lipinski definition) is 2. The van der Waals surface area contributed by atoms with Gasteiger partial charge < -0.3 is 10.6 Å². The fourth-order valence-corrected chi connectivity index (χ4v) is 4.17. The van der Waals surface area contributed by atoms with E-state index in [4.69, 9.17) is 17.3 Å². The maximum Gasteiger partial charge on any atom is 0.127 e. The van der Waals surface area contributed by atoms with Crippen LogP contribution in [0.25, 0.3) is 0 Å². The van der Waals surface area contributed by atoms with Gasteiger partial charge in [-0.2, -0.15) is 0 Å². The molecular weight excluding hydrogens is 275 g/mol. The molecule has 2 heterocycles. The second kappa shape index (κ2) is 5.63. The summed E-state index contributed by atoms with van der Waals surface area (Å²) in [6, 6.07) is 6.18. The largest absolute Gasteiger partial charge is 0.327 e. The van der Waals surface area contributed by atoms with Crippen molar-refractivity contribution in [2.75, 3.05) is 7.05 Å². The summed E-state index contributed by atoms with van der Waals surface area (Å²) in [7, 11) is 2.22. The van der Waals surface area contributed by atoms with E-state index < -0.39 is 0 Å². The van der Waals surface area contributed by atoms with Gasteiger partial charge in [0.1, 0.15) is 5.82 Å². The number of nitrogens with zero attached hydrogens (tertiary/aromatic N) is 1. The number of nitrogens with two attached hydrogens (primary N) is 1. The summed E-state index contributed by atoms with van der Waals surface area (Å²) in [6.45, 7) is 0. The first-order chi connectivity index (χ1) is 9.56. The second-order valence-electron chi connectivity index (χ2n) is 6.35. The van der Waals surface area contributed by atoms with E-state index in [1.807, 2.05) is 0 Å². The van der Waals surface area contributed by atoms with Crippen molar-refractivity contribution < 1.29 is 4.39 Å². The zero-order valence-electron chi connectivity index (χ0n) is 11.9. The van der Waals surface area contributed by atoms with Crippen LogP contribution in [0, 0.1) is 11.7 Å². The lowest BCUT2D eigenvalue weighted by atomic mass is 9.83. The highest BCUT2D eigenvalue weighted by atomic mass is 35.5. The zero-order chi connectivity index (χ0) is 14.3. The van der Waals surface area contributed by atoms with Crippen LogP contribution in [-0.4, -0.2) is 30.1 Å². The summed E-state index contributed by atoms with van der Waals surface area (Å²) in [5, 5.41) is 0.497. The Morgan fingerprint density at radius 3 is 2.60 bits per heavy atom. The van der Waals surface area contributed by atoms with Gasteiger partial charge in [-0.15, -0.1) is 0 Å². The average Bonchev–Trinajstić information content (AvgIpc) is 2.65. The Balaban J connectivity index is 1.70. The summed E-state index contributed by atoms with van der Waals surface area (Å²) < 4.78 is 13.9. The number of benzene rings is 1. The molecule has 2 aliphatic rings. The minimum Gasteiger partial charge on any atom is -0.327 e. The standard InChI is InChI=1S/C16H22ClFN2/c1-20-11-5-6-12(20)8-10(7-11)16(19)9-13-14(17)3-2-4-15(13)18/h2-4,10-12,16H,5-9,19H2,1H3. The molecule has 2 N–H and O–H groups in total. The van der Waals surface area contributed by atoms with Crippen LogP contribution >= 0.6 is 11.6 Å². The highest BCUT2D eigenvalue weighted by molar-refractivity contribution is 6.31. The third-order valence-electron chi connectivity index (χ3n) is 5.24. The van der Waals surface area contributed by atoms with Gasteiger partial charge in [0.05, 0.1) is 0 Å². The molecule has 2 nitrogen and oxygen atoms in total. The first-order valence-electron chi connectivity index (χ1n) is 7.46. The van der Waals surface area contributed by atoms with Crippen LogP contribution in [-0.2, 0) is 6.42 Å². The molecule has 0 aliphatic carbocycles. The molecule has 2 saturated heterocycles. The molecule has 0 amide bonds. The molecule has 0 radical (unpaired) electrons. The minimum absolute atomic E-state index is 0.00111. The van der Waals surface area contributed by atoms with E-state index >= 15 is 0 Å². The van der Waals surface area contributed by atoms with E-state index in [1.54, 1.807) is 12.1 Å². The van der Waals surface area contributed by atoms with Gasteiger partial charge in [-0.1, -0.05) is 17.7 Å². The molecule has 2 aliphatic heterocycles. The van der Waals surface area contributed by atoms with Crippen LogP contribution in [0.3, 0.4) is 0 Å². The molecule has 3 rings (SSSR count). The molecule has 0 saturated carbocycles. The summed E-state index contributed by atoms with van der Waals surface area (Å²) in [5.41, 5.74) is 6.95. The molecule has 2 fully saturated rings. The summed E-state index contributed by atoms with van der Waals surface area (Å²) in [6.07, 6.45) is 5.38. The van der Waals surface area contributed by atoms with E-state index in [0.29, 0.717) is 35.0 Å². The fourth-order valence-electron chi connectivity index (χ4n) is 3.93. The van der Waals surface area contributed by atoms with Crippen molar-refractivity contribution in [1.82, 2.24) is 4.90 Å². The Kier molecular flexibility index (Phi) is 4.02. The van der Waals surface area contributed by atoms with Crippen LogP contribution in [0.15, 0.2) is 18.2 Å². The van der Waals surface area contributed by atoms with Crippen molar-refractivity contribution in [3.63, 3.8) is 0 Å². The minimum atomic E-state index is -0.233. The predicted molar refractivity (Wildman–Crippen MR) is 80.4 cm³/mol. The molecule has 20 heavy (non-hydrogen) atoms. The second-order valence-corrected chi connectivity index (χ2v) is 6.76. The molecule has 3 atom stereocenters. The monoisotopic (exact) mass is 296 g/mol. The van der Waals surface area contributed by atoms with Gasteiger partial charge in [-0.05, 0) is 57.2 Å². The maximum atomic E-state index is 13.9. The van der Waals surface area contributed by atoms with Gasteiger partial charge in [-0.25, -0.2) is 4.39 Å². The lowest BCUT2D eigenvalue weighted by Crippen LogP contribution is -2.46. The molecular formula is C16H22ClFN2. The predicted octanol–water partition coefficient (Wildman–Crippen LogP) is 3.22. The normalized spacial score (nSPS) is 31.5. The molecule has 1 aromatic carbocycles. The molecule has 1 aromatic rings. The van der Waals surface area contributed by atoms with Crippen molar-refractivity contribution in [3.8, 4) is 0 Å². The third-order valence-corrected chi connectivity index (χ3v) is 5.60. The van der Waals surface area contributed by atoms with Crippen LogP contribution in [0.5, 0.6) is 0 Å². The highest BCUT2D eigenvalue weighted by Gasteiger charge is 2.40. The lowest BCUT2D eigenvalue weighted by molar-refractivity contribution is 0.120. The molecule has 0 aromatic heterocycles. The van der Waals surface area contributed by atoms with Gasteiger partial charge in [0.2, 0.25) is 0 Å². The quantitative estimate of drug-likeness (QED) is 0.928. The zero-order valence-corrected chi connectivity index (χ0v) is 12.6. The number of hydrogen-bond donors (Lipinski definition) is 1. The first-order valence-corrected chi connectivity index (χ1v) is 7.84. The van der Waals surface area contributed by atoms with E-state index in [1.165, 1.54) is 18.9 Å². The van der Waals surface area contributed by atoms with Gasteiger partial charge in [0.25, 0.3) is 0 Å². The maximum absolute atomic E-state index is 13.9. The molecule has 3 unspecified atom stereocenters. The van der Waals surface area contributed by atoms with E-state index in [0.717, 1.165) is 12.8 Å². The fraction of sp³-hybridized carbons (Fsp3) is 0.625. The summed E-state index contributed by atoms with van der Waals surface area (Å²) in [4.78, 5) is 2.50. The Morgan fingerprint density at radius 2 is 2.00 bits per heavy atom. The topological polar surface area (TPSA) is 29.3 Å². The van der Waals surface area contributed by atoms with Crippen molar-refractivity contribution in [1.29, 1.82) is 0 Å². The molecule has 4 heteroatoms. The van der Waals surface area contributed by atoms with Gasteiger partial charge in [0, 0.05) is 28.7 Å². The van der Waals surface area contributed by atoms with Crippen LogP contribution in [0.2, 0.25) is 5.02 Å². The van der Waals surface area contributed by atoms with Crippen LogP contribution in [0.1, 0.15) is 31.2 Å².